The number of amides is 2. The largest absolute Gasteiger partial charge is 0.508 e. The summed E-state index contributed by atoms with van der Waals surface area (Å²) < 4.78 is 5.80. The van der Waals surface area contributed by atoms with Gasteiger partial charge >= 0.3 is 6.03 Å². The summed E-state index contributed by atoms with van der Waals surface area (Å²) >= 11 is 0. The van der Waals surface area contributed by atoms with E-state index in [9.17, 15) is 9.90 Å². The SMILES string of the molecule is O=C(N1CC(Oc2ccc(O)cc2)C1)N1N=CCC1c1ccccc1. The van der Waals surface area contributed by atoms with Gasteiger partial charge in [0.15, 0.2) is 0 Å². The normalized spacial score (nSPS) is 19.8. The Kier molecular flexibility index (Phi) is 4.01. The second kappa shape index (κ2) is 6.47. The lowest BCUT2D eigenvalue weighted by Gasteiger charge is -2.41. The third-order valence-corrected chi connectivity index (χ3v) is 4.47. The fourth-order valence-corrected chi connectivity index (χ4v) is 3.08. The number of phenols is 1. The fraction of sp³-hybridized carbons (Fsp3) is 0.263. The molecular formula is C19H19N3O3. The summed E-state index contributed by atoms with van der Waals surface area (Å²) in [4.78, 5) is 14.4. The second-order valence-electron chi connectivity index (χ2n) is 6.23. The van der Waals surface area contributed by atoms with Crippen LogP contribution in [0.3, 0.4) is 0 Å². The Morgan fingerprint density at radius 3 is 2.52 bits per heavy atom. The van der Waals surface area contributed by atoms with Crippen LogP contribution in [0.1, 0.15) is 18.0 Å². The molecular weight excluding hydrogens is 318 g/mol. The number of aromatic hydroxyl groups is 1. The van der Waals surface area contributed by atoms with E-state index in [0.29, 0.717) is 18.8 Å². The molecule has 6 nitrogen and oxygen atoms in total. The van der Waals surface area contributed by atoms with Gasteiger partial charge in [-0.15, -0.1) is 0 Å². The summed E-state index contributed by atoms with van der Waals surface area (Å²) in [6.07, 6.45) is 2.49. The van der Waals surface area contributed by atoms with Crippen LogP contribution in [0, 0.1) is 0 Å². The van der Waals surface area contributed by atoms with E-state index in [1.807, 2.05) is 30.3 Å². The molecule has 6 heteroatoms. The zero-order valence-electron chi connectivity index (χ0n) is 13.7. The predicted octanol–water partition coefficient (Wildman–Crippen LogP) is 3.01. The van der Waals surface area contributed by atoms with Gasteiger partial charge in [-0.2, -0.15) is 5.10 Å². The van der Waals surface area contributed by atoms with Crippen molar-refractivity contribution in [3.05, 3.63) is 60.2 Å². The molecule has 0 spiro atoms. The van der Waals surface area contributed by atoms with Gasteiger partial charge in [0.1, 0.15) is 17.6 Å². The van der Waals surface area contributed by atoms with E-state index in [4.69, 9.17) is 4.74 Å². The molecule has 2 aromatic carbocycles. The Labute approximate surface area is 145 Å². The van der Waals surface area contributed by atoms with Crippen molar-refractivity contribution in [1.29, 1.82) is 0 Å². The molecule has 0 saturated carbocycles. The van der Waals surface area contributed by atoms with Gasteiger partial charge in [-0.25, -0.2) is 9.80 Å². The summed E-state index contributed by atoms with van der Waals surface area (Å²) in [5.74, 6) is 0.896. The molecule has 1 saturated heterocycles. The van der Waals surface area contributed by atoms with Crippen molar-refractivity contribution in [2.24, 2.45) is 5.10 Å². The number of nitrogens with zero attached hydrogens (tertiary/aromatic N) is 3. The molecule has 1 N–H and O–H groups in total. The van der Waals surface area contributed by atoms with Crippen LogP contribution in [-0.2, 0) is 0 Å². The molecule has 2 aliphatic rings. The average Bonchev–Trinajstić information content (AvgIpc) is 3.09. The van der Waals surface area contributed by atoms with E-state index in [1.54, 1.807) is 40.4 Å². The molecule has 4 rings (SSSR count). The Morgan fingerprint density at radius 2 is 1.80 bits per heavy atom. The van der Waals surface area contributed by atoms with Crippen LogP contribution in [0.25, 0.3) is 0 Å². The van der Waals surface area contributed by atoms with Gasteiger partial charge in [-0.1, -0.05) is 30.3 Å². The number of hydrazone groups is 1. The Balaban J connectivity index is 1.35. The number of rotatable bonds is 3. The Morgan fingerprint density at radius 1 is 1.08 bits per heavy atom. The first-order chi connectivity index (χ1) is 12.2. The smallest absolute Gasteiger partial charge is 0.341 e. The first kappa shape index (κ1) is 15.5. The molecule has 2 heterocycles. The lowest BCUT2D eigenvalue weighted by atomic mass is 10.0. The van der Waals surface area contributed by atoms with Gasteiger partial charge in [0.25, 0.3) is 0 Å². The quantitative estimate of drug-likeness (QED) is 0.936. The highest BCUT2D eigenvalue weighted by Gasteiger charge is 2.38. The molecule has 2 amide bonds. The summed E-state index contributed by atoms with van der Waals surface area (Å²) in [7, 11) is 0. The third-order valence-electron chi connectivity index (χ3n) is 4.47. The number of hydrogen-bond acceptors (Lipinski definition) is 4. The molecule has 0 aromatic heterocycles. The lowest BCUT2D eigenvalue weighted by Crippen LogP contribution is -2.58. The Bertz CT molecular complexity index is 770. The lowest BCUT2D eigenvalue weighted by molar-refractivity contribution is 0.0277. The number of ether oxygens (including phenoxy) is 1. The van der Waals surface area contributed by atoms with Gasteiger partial charge in [0.05, 0.1) is 19.1 Å². The minimum absolute atomic E-state index is 0.0322. The number of benzene rings is 2. The number of urea groups is 1. The van der Waals surface area contributed by atoms with Crippen molar-refractivity contribution in [2.45, 2.75) is 18.6 Å². The molecule has 0 radical (unpaired) electrons. The summed E-state index contributed by atoms with van der Waals surface area (Å²) in [6.45, 7) is 1.07. The van der Waals surface area contributed by atoms with Crippen molar-refractivity contribution >= 4 is 12.2 Å². The first-order valence-corrected chi connectivity index (χ1v) is 8.32. The van der Waals surface area contributed by atoms with Gasteiger partial charge < -0.3 is 14.7 Å². The molecule has 2 aromatic rings. The van der Waals surface area contributed by atoms with Gasteiger partial charge in [0, 0.05) is 12.6 Å². The van der Waals surface area contributed by atoms with Crippen LogP contribution >= 0.6 is 0 Å². The van der Waals surface area contributed by atoms with E-state index in [1.165, 1.54) is 0 Å². The van der Waals surface area contributed by atoms with Crippen molar-refractivity contribution in [3.8, 4) is 11.5 Å². The maximum absolute atomic E-state index is 12.7. The topological polar surface area (TPSA) is 65.4 Å². The predicted molar refractivity (Wildman–Crippen MR) is 93.6 cm³/mol. The minimum atomic E-state index is -0.0897. The van der Waals surface area contributed by atoms with Gasteiger partial charge in [-0.3, -0.25) is 0 Å². The van der Waals surface area contributed by atoms with Crippen LogP contribution in [-0.4, -0.2) is 46.5 Å². The van der Waals surface area contributed by atoms with Crippen LogP contribution in [0.15, 0.2) is 59.7 Å². The van der Waals surface area contributed by atoms with Crippen molar-refractivity contribution in [1.82, 2.24) is 9.91 Å². The van der Waals surface area contributed by atoms with E-state index >= 15 is 0 Å². The highest BCUT2D eigenvalue weighted by atomic mass is 16.5. The molecule has 128 valence electrons. The maximum Gasteiger partial charge on any atom is 0.341 e. The van der Waals surface area contributed by atoms with Crippen molar-refractivity contribution in [2.75, 3.05) is 13.1 Å². The molecule has 1 atom stereocenters. The van der Waals surface area contributed by atoms with Crippen LogP contribution in [0.2, 0.25) is 0 Å². The molecule has 0 aliphatic carbocycles. The zero-order chi connectivity index (χ0) is 17.2. The maximum atomic E-state index is 12.7. The molecule has 0 bridgehead atoms. The second-order valence-corrected chi connectivity index (χ2v) is 6.23. The van der Waals surface area contributed by atoms with Crippen LogP contribution in [0.4, 0.5) is 4.79 Å². The summed E-state index contributed by atoms with van der Waals surface area (Å²) in [5.41, 5.74) is 1.09. The zero-order valence-corrected chi connectivity index (χ0v) is 13.7. The van der Waals surface area contributed by atoms with Gasteiger partial charge in [0.2, 0.25) is 0 Å². The van der Waals surface area contributed by atoms with E-state index < -0.39 is 0 Å². The first-order valence-electron chi connectivity index (χ1n) is 8.32. The summed E-state index contributed by atoms with van der Waals surface area (Å²) in [6, 6.07) is 16.4. The summed E-state index contributed by atoms with van der Waals surface area (Å²) in [5, 5.41) is 15.1. The fourth-order valence-electron chi connectivity index (χ4n) is 3.08. The van der Waals surface area contributed by atoms with Gasteiger partial charge in [-0.05, 0) is 29.8 Å². The number of phenolic OH excluding ortho intramolecular Hbond substituents is 1. The van der Waals surface area contributed by atoms with E-state index in [2.05, 4.69) is 5.10 Å². The minimum Gasteiger partial charge on any atom is -0.508 e. The van der Waals surface area contributed by atoms with Crippen molar-refractivity contribution < 1.29 is 14.6 Å². The molecule has 25 heavy (non-hydrogen) atoms. The van der Waals surface area contributed by atoms with E-state index in [0.717, 1.165) is 12.0 Å². The molecule has 1 fully saturated rings. The monoisotopic (exact) mass is 337 g/mol. The average molecular weight is 337 g/mol. The number of carbonyl (C=O) groups is 1. The van der Waals surface area contributed by atoms with Crippen LogP contribution < -0.4 is 4.74 Å². The number of likely N-dealkylation sites (tertiary alicyclic amines) is 1. The highest BCUT2D eigenvalue weighted by molar-refractivity contribution is 5.79. The van der Waals surface area contributed by atoms with Crippen molar-refractivity contribution in [3.63, 3.8) is 0 Å². The van der Waals surface area contributed by atoms with E-state index in [-0.39, 0.29) is 23.9 Å². The van der Waals surface area contributed by atoms with Crippen LogP contribution in [0.5, 0.6) is 11.5 Å². The molecule has 2 aliphatic heterocycles. The molecule has 1 unspecified atom stereocenters. The Hall–Kier alpha value is -3.02. The number of carbonyl (C=O) groups excluding carboxylic acids is 1. The number of hydrogen-bond donors (Lipinski definition) is 1. The third kappa shape index (κ3) is 3.15. The highest BCUT2D eigenvalue weighted by Crippen LogP contribution is 2.30. The standard InChI is InChI=1S/C19H19N3O3/c23-15-6-8-16(9-7-15)25-17-12-21(13-17)19(24)22-18(10-11-20-22)14-4-2-1-3-5-14/h1-9,11,17-18,23H,10,12-13H2.